The molecule has 1 N–H and O–H groups in total. The van der Waals surface area contributed by atoms with Gasteiger partial charge in [-0.1, -0.05) is 30.3 Å². The highest BCUT2D eigenvalue weighted by molar-refractivity contribution is 6.04. The summed E-state index contributed by atoms with van der Waals surface area (Å²) in [5.41, 5.74) is 3.68. The van der Waals surface area contributed by atoms with Gasteiger partial charge >= 0.3 is 0 Å². The normalized spacial score (nSPS) is 12.7. The Labute approximate surface area is 185 Å². The predicted octanol–water partition coefficient (Wildman–Crippen LogP) is 5.53. The van der Waals surface area contributed by atoms with E-state index in [0.29, 0.717) is 23.6 Å². The van der Waals surface area contributed by atoms with E-state index in [0.717, 1.165) is 29.1 Å². The molecule has 1 aliphatic rings. The summed E-state index contributed by atoms with van der Waals surface area (Å²) in [6.45, 7) is 4.72. The maximum absolute atomic E-state index is 12.7. The van der Waals surface area contributed by atoms with Gasteiger partial charge in [0, 0.05) is 22.4 Å². The zero-order valence-electron chi connectivity index (χ0n) is 17.8. The number of carbonyl (C=O) groups is 1. The molecule has 4 aromatic rings. The third kappa shape index (κ3) is 3.34. The van der Waals surface area contributed by atoms with E-state index in [1.165, 1.54) is 10.8 Å². The van der Waals surface area contributed by atoms with Crippen LogP contribution in [-0.2, 0) is 6.54 Å². The first kappa shape index (κ1) is 19.7. The van der Waals surface area contributed by atoms with Crippen molar-refractivity contribution in [2.75, 3.05) is 16.9 Å². The molecule has 0 unspecified atom stereocenters. The van der Waals surface area contributed by atoms with Gasteiger partial charge in [0.05, 0.1) is 6.54 Å². The number of hydrogen-bond donors (Lipinski definition) is 1. The molecule has 3 aromatic carbocycles. The average Bonchev–Trinajstić information content (AvgIpc) is 3.10. The van der Waals surface area contributed by atoms with Crippen LogP contribution in [0.5, 0.6) is 5.75 Å². The van der Waals surface area contributed by atoms with Gasteiger partial charge in [0.1, 0.15) is 23.1 Å². The van der Waals surface area contributed by atoms with Crippen molar-refractivity contribution in [2.45, 2.75) is 20.4 Å². The van der Waals surface area contributed by atoms with Crippen molar-refractivity contribution >= 4 is 28.3 Å². The van der Waals surface area contributed by atoms with E-state index in [9.17, 15) is 10.1 Å². The number of nitrogens with one attached hydrogen (secondary N) is 1. The first-order valence-corrected chi connectivity index (χ1v) is 10.3. The van der Waals surface area contributed by atoms with Crippen molar-refractivity contribution in [3.05, 3.63) is 88.7 Å². The van der Waals surface area contributed by atoms with Crippen LogP contribution < -0.4 is 15.0 Å². The summed E-state index contributed by atoms with van der Waals surface area (Å²) in [6, 6.07) is 21.8. The fourth-order valence-electron chi connectivity index (χ4n) is 4.01. The minimum absolute atomic E-state index is 0.185. The van der Waals surface area contributed by atoms with Crippen molar-refractivity contribution in [1.29, 1.82) is 5.26 Å². The molecule has 1 amide bonds. The van der Waals surface area contributed by atoms with E-state index < -0.39 is 0 Å². The number of hydrogen-bond acceptors (Lipinski definition) is 5. The van der Waals surface area contributed by atoms with Crippen molar-refractivity contribution in [3.8, 4) is 11.8 Å². The van der Waals surface area contributed by atoms with Crippen LogP contribution in [0.1, 0.15) is 32.8 Å². The molecule has 158 valence electrons. The highest BCUT2D eigenvalue weighted by atomic mass is 16.5. The third-order valence-electron chi connectivity index (χ3n) is 5.94. The van der Waals surface area contributed by atoms with Gasteiger partial charge in [0.2, 0.25) is 5.88 Å². The average molecular weight is 423 g/mol. The number of aryl methyl sites for hydroxylation is 1. The van der Waals surface area contributed by atoms with E-state index >= 15 is 0 Å². The molecular formula is C26H21N3O3. The molecule has 1 aliphatic heterocycles. The highest BCUT2D eigenvalue weighted by Crippen LogP contribution is 2.34. The van der Waals surface area contributed by atoms with Crippen molar-refractivity contribution in [2.24, 2.45) is 0 Å². The van der Waals surface area contributed by atoms with E-state index in [4.69, 9.17) is 9.15 Å². The summed E-state index contributed by atoms with van der Waals surface area (Å²) in [7, 11) is 0. The Hall–Kier alpha value is -4.24. The highest BCUT2D eigenvalue weighted by Gasteiger charge is 2.21. The zero-order chi connectivity index (χ0) is 22.2. The van der Waals surface area contributed by atoms with Gasteiger partial charge in [-0.2, -0.15) is 5.26 Å². The molecule has 1 aromatic heterocycles. The Kier molecular flexibility index (Phi) is 4.79. The first-order chi connectivity index (χ1) is 15.5. The molecular weight excluding hydrogens is 402 g/mol. The topological polar surface area (TPSA) is 78.5 Å². The maximum Gasteiger partial charge on any atom is 0.258 e. The maximum atomic E-state index is 12.7. The first-order valence-electron chi connectivity index (χ1n) is 10.3. The minimum atomic E-state index is -0.326. The molecule has 0 radical (unpaired) electrons. The lowest BCUT2D eigenvalue weighted by Crippen LogP contribution is -2.32. The molecule has 2 heterocycles. The van der Waals surface area contributed by atoms with Crippen LogP contribution in [0.25, 0.3) is 10.8 Å². The van der Waals surface area contributed by atoms with Gasteiger partial charge < -0.3 is 14.1 Å². The summed E-state index contributed by atoms with van der Waals surface area (Å²) in [5, 5.41) is 14.4. The molecule has 0 atom stereocenters. The molecule has 0 aliphatic carbocycles. The van der Waals surface area contributed by atoms with Crippen LogP contribution in [0.15, 0.2) is 65.1 Å². The molecule has 0 spiro atoms. The molecule has 6 heteroatoms. The predicted molar refractivity (Wildman–Crippen MR) is 123 cm³/mol. The molecule has 6 nitrogen and oxygen atoms in total. The zero-order valence-corrected chi connectivity index (χ0v) is 17.8. The Morgan fingerprint density at radius 3 is 2.62 bits per heavy atom. The fraction of sp³-hybridized carbons (Fsp3) is 0.154. The van der Waals surface area contributed by atoms with Crippen LogP contribution in [-0.4, -0.2) is 12.6 Å². The quantitative estimate of drug-likeness (QED) is 0.469. The molecule has 0 saturated carbocycles. The van der Waals surface area contributed by atoms with Crippen LogP contribution in [0, 0.1) is 25.2 Å². The van der Waals surface area contributed by atoms with Crippen molar-refractivity contribution < 1.29 is 13.9 Å². The Bertz CT molecular complexity index is 1380. The Morgan fingerprint density at radius 2 is 1.84 bits per heavy atom. The van der Waals surface area contributed by atoms with Crippen LogP contribution in [0.2, 0.25) is 0 Å². The number of anilines is 2. The van der Waals surface area contributed by atoms with Gasteiger partial charge in [0.25, 0.3) is 5.91 Å². The summed E-state index contributed by atoms with van der Waals surface area (Å²) in [5.74, 6) is 1.39. The number of furan rings is 1. The summed E-state index contributed by atoms with van der Waals surface area (Å²) in [4.78, 5) is 14.8. The third-order valence-corrected chi connectivity index (χ3v) is 5.94. The second-order valence-electron chi connectivity index (χ2n) is 7.83. The summed E-state index contributed by atoms with van der Waals surface area (Å²) < 4.78 is 11.5. The summed E-state index contributed by atoms with van der Waals surface area (Å²) >= 11 is 0. The van der Waals surface area contributed by atoms with E-state index in [1.54, 1.807) is 26.0 Å². The largest absolute Gasteiger partial charge is 0.473 e. The van der Waals surface area contributed by atoms with E-state index in [1.807, 2.05) is 30.3 Å². The standard InChI is InChI=1S/C26H21N3O3/c1-16-17(2)32-26(22(16)13-27)28-25(30)19-7-10-20(11-8-19)29-14-23-21-6-4-3-5-18(21)9-12-24(23)31-15-29/h3-12H,14-15H2,1-2H3,(H,28,30). The minimum Gasteiger partial charge on any atom is -0.473 e. The van der Waals surface area contributed by atoms with Gasteiger partial charge in [-0.05, 0) is 55.0 Å². The van der Waals surface area contributed by atoms with Gasteiger partial charge in [-0.25, -0.2) is 0 Å². The van der Waals surface area contributed by atoms with E-state index in [2.05, 4.69) is 34.5 Å². The number of benzene rings is 3. The molecule has 32 heavy (non-hydrogen) atoms. The van der Waals surface area contributed by atoms with Gasteiger partial charge in [-0.3, -0.25) is 10.1 Å². The van der Waals surface area contributed by atoms with E-state index in [-0.39, 0.29) is 11.8 Å². The number of nitrogens with zero attached hydrogens (tertiary/aromatic N) is 2. The summed E-state index contributed by atoms with van der Waals surface area (Å²) in [6.07, 6.45) is 0. The Morgan fingerprint density at radius 1 is 1.06 bits per heavy atom. The van der Waals surface area contributed by atoms with Crippen molar-refractivity contribution in [3.63, 3.8) is 0 Å². The molecule has 0 saturated heterocycles. The number of fused-ring (bicyclic) bond motifs is 3. The number of ether oxygens (including phenoxy) is 1. The molecule has 5 rings (SSSR count). The monoisotopic (exact) mass is 423 g/mol. The van der Waals surface area contributed by atoms with Gasteiger partial charge in [-0.15, -0.1) is 0 Å². The number of carbonyl (C=O) groups excluding carboxylic acids is 1. The lowest BCUT2D eigenvalue weighted by atomic mass is 10.0. The Balaban J connectivity index is 1.36. The fourth-order valence-corrected chi connectivity index (χ4v) is 4.01. The van der Waals surface area contributed by atoms with Crippen LogP contribution in [0.4, 0.5) is 11.6 Å². The SMILES string of the molecule is Cc1oc(NC(=O)c2ccc(N3COc4ccc5ccccc5c4C3)cc2)c(C#N)c1C. The second kappa shape index (κ2) is 7.78. The lowest BCUT2D eigenvalue weighted by Gasteiger charge is -2.31. The smallest absolute Gasteiger partial charge is 0.258 e. The van der Waals surface area contributed by atoms with Crippen LogP contribution in [0.3, 0.4) is 0 Å². The number of amides is 1. The number of nitriles is 1. The molecule has 0 fully saturated rings. The molecule has 0 bridgehead atoms. The van der Waals surface area contributed by atoms with Gasteiger partial charge in [0.15, 0.2) is 6.73 Å². The van der Waals surface area contributed by atoms with Crippen LogP contribution >= 0.6 is 0 Å². The number of rotatable bonds is 3. The van der Waals surface area contributed by atoms with Crippen molar-refractivity contribution in [1.82, 2.24) is 0 Å². The lowest BCUT2D eigenvalue weighted by molar-refractivity contribution is 0.102. The second-order valence-corrected chi connectivity index (χ2v) is 7.83.